The van der Waals surface area contributed by atoms with Crippen LogP contribution in [-0.2, 0) is 17.8 Å². The van der Waals surface area contributed by atoms with Gasteiger partial charge in [-0.3, -0.25) is 4.79 Å². The van der Waals surface area contributed by atoms with E-state index in [2.05, 4.69) is 25.7 Å². The number of piperazine rings is 1. The maximum atomic E-state index is 10.8. The average molecular weight is 555 g/mol. The van der Waals surface area contributed by atoms with Gasteiger partial charge in [0.05, 0.1) is 12.2 Å². The predicted molar refractivity (Wildman–Crippen MR) is 160 cm³/mol. The lowest BCUT2D eigenvalue weighted by atomic mass is 10.0. The van der Waals surface area contributed by atoms with Crippen molar-refractivity contribution in [3.63, 3.8) is 0 Å². The van der Waals surface area contributed by atoms with Crippen molar-refractivity contribution in [1.29, 1.82) is 0 Å². The second-order valence-electron chi connectivity index (χ2n) is 11.7. The predicted octanol–water partition coefficient (Wildman–Crippen LogP) is 3.74. The van der Waals surface area contributed by atoms with Gasteiger partial charge in [-0.25, -0.2) is 0 Å². The third kappa shape index (κ3) is 5.55. The number of hydrogen-bond acceptors (Lipinski definition) is 9. The monoisotopic (exact) mass is 554 g/mol. The molecule has 2 aromatic carbocycles. The normalized spacial score (nSPS) is 20.5. The largest absolute Gasteiger partial charge is 0.508 e. The molecule has 0 amide bonds. The summed E-state index contributed by atoms with van der Waals surface area (Å²) in [6.45, 7) is 6.94. The number of allylic oxidation sites excluding steroid dienone is 1. The van der Waals surface area contributed by atoms with Gasteiger partial charge < -0.3 is 29.4 Å². The minimum absolute atomic E-state index is 0.135. The number of aldehydes is 1. The fourth-order valence-electron chi connectivity index (χ4n) is 6.63. The SMILES string of the molecule is O=CC=CN1CCN(c2nc(OC3CCN(C4CC4)CC3)nc3c2CCN(c2cc(O)cc4ccccc24)C3)CC1. The number of benzene rings is 2. The fourth-order valence-corrected chi connectivity index (χ4v) is 6.63. The van der Waals surface area contributed by atoms with Crippen molar-refractivity contribution in [3.8, 4) is 11.8 Å². The van der Waals surface area contributed by atoms with Crippen LogP contribution in [-0.4, -0.2) is 89.1 Å². The van der Waals surface area contributed by atoms with Crippen molar-refractivity contribution in [2.24, 2.45) is 0 Å². The van der Waals surface area contributed by atoms with Gasteiger partial charge >= 0.3 is 6.01 Å². The van der Waals surface area contributed by atoms with Crippen LogP contribution in [0.4, 0.5) is 11.5 Å². The van der Waals surface area contributed by atoms with E-state index in [4.69, 9.17) is 14.7 Å². The number of piperidine rings is 1. The molecular weight excluding hydrogens is 516 g/mol. The first-order chi connectivity index (χ1) is 20.1. The van der Waals surface area contributed by atoms with Crippen LogP contribution in [0.25, 0.3) is 10.8 Å². The fraction of sp³-hybridized carbons (Fsp3) is 0.469. The molecule has 41 heavy (non-hydrogen) atoms. The van der Waals surface area contributed by atoms with E-state index in [1.54, 1.807) is 6.08 Å². The Kier molecular flexibility index (Phi) is 7.12. The number of likely N-dealkylation sites (tertiary alicyclic amines) is 1. The van der Waals surface area contributed by atoms with E-state index in [1.165, 1.54) is 18.4 Å². The highest BCUT2D eigenvalue weighted by molar-refractivity contribution is 5.95. The Bertz CT molecular complexity index is 1440. The number of carbonyl (C=O) groups is 1. The summed E-state index contributed by atoms with van der Waals surface area (Å²) in [7, 11) is 0. The topological polar surface area (TPSA) is 85.3 Å². The van der Waals surface area contributed by atoms with Crippen molar-refractivity contribution in [2.45, 2.75) is 50.8 Å². The van der Waals surface area contributed by atoms with Crippen LogP contribution >= 0.6 is 0 Å². The number of phenols is 1. The summed E-state index contributed by atoms with van der Waals surface area (Å²) in [5, 5.41) is 12.7. The van der Waals surface area contributed by atoms with Gasteiger partial charge in [0.2, 0.25) is 0 Å². The number of anilines is 2. The molecular formula is C32H38N6O3. The van der Waals surface area contributed by atoms with Crippen molar-refractivity contribution < 1.29 is 14.6 Å². The number of aromatic nitrogens is 2. The summed E-state index contributed by atoms with van der Waals surface area (Å²) in [5.74, 6) is 1.26. The average Bonchev–Trinajstić information content (AvgIpc) is 3.85. The van der Waals surface area contributed by atoms with Gasteiger partial charge in [0.15, 0.2) is 0 Å². The second kappa shape index (κ2) is 11.2. The van der Waals surface area contributed by atoms with E-state index in [9.17, 15) is 9.90 Å². The van der Waals surface area contributed by atoms with Crippen LogP contribution < -0.4 is 14.5 Å². The standard InChI is InChI=1S/C32H38N6O3/c39-19-3-11-35-15-17-37(18-16-35)31-28-10-14-38(30-21-25(40)20-23-4-1-2-5-27(23)30)22-29(28)33-32(34-31)41-26-8-12-36(13-9-26)24-6-7-24/h1-5,11,19-21,24,26,40H,6-10,12-18,22H2. The summed E-state index contributed by atoms with van der Waals surface area (Å²) >= 11 is 0. The van der Waals surface area contributed by atoms with Gasteiger partial charge in [0.25, 0.3) is 0 Å². The third-order valence-electron chi connectivity index (χ3n) is 8.99. The second-order valence-corrected chi connectivity index (χ2v) is 11.7. The lowest BCUT2D eigenvalue weighted by Gasteiger charge is -2.38. The molecule has 0 atom stereocenters. The Balaban J connectivity index is 1.17. The van der Waals surface area contributed by atoms with Gasteiger partial charge in [-0.05, 0) is 49.6 Å². The molecule has 2 saturated heterocycles. The summed E-state index contributed by atoms with van der Waals surface area (Å²) in [6, 6.07) is 13.2. The number of rotatable bonds is 7. The minimum Gasteiger partial charge on any atom is -0.508 e. The maximum absolute atomic E-state index is 10.8. The van der Waals surface area contributed by atoms with Crippen molar-refractivity contribution >= 4 is 28.6 Å². The summed E-state index contributed by atoms with van der Waals surface area (Å²) in [6.07, 6.45) is 9.91. The lowest BCUT2D eigenvalue weighted by Crippen LogP contribution is -2.45. The van der Waals surface area contributed by atoms with E-state index in [0.29, 0.717) is 12.6 Å². The Morgan fingerprint density at radius 3 is 2.49 bits per heavy atom. The van der Waals surface area contributed by atoms with Crippen LogP contribution in [0.1, 0.15) is 36.9 Å². The molecule has 1 saturated carbocycles. The van der Waals surface area contributed by atoms with Crippen LogP contribution in [0.3, 0.4) is 0 Å². The van der Waals surface area contributed by atoms with E-state index in [0.717, 1.165) is 105 Å². The Morgan fingerprint density at radius 1 is 0.902 bits per heavy atom. The van der Waals surface area contributed by atoms with Gasteiger partial charge in [0, 0.05) is 80.8 Å². The van der Waals surface area contributed by atoms with Gasteiger partial charge in [-0.1, -0.05) is 24.3 Å². The quantitative estimate of drug-likeness (QED) is 0.347. The number of aromatic hydroxyl groups is 1. The summed E-state index contributed by atoms with van der Waals surface area (Å²) in [5.41, 5.74) is 3.22. The first-order valence-corrected chi connectivity index (χ1v) is 15.0. The highest BCUT2D eigenvalue weighted by atomic mass is 16.5. The zero-order chi connectivity index (χ0) is 27.8. The number of hydrogen-bond donors (Lipinski definition) is 1. The molecule has 0 bridgehead atoms. The number of ether oxygens (including phenoxy) is 1. The molecule has 3 aliphatic heterocycles. The Hall–Kier alpha value is -3.85. The first kappa shape index (κ1) is 26.1. The summed E-state index contributed by atoms with van der Waals surface area (Å²) < 4.78 is 6.51. The van der Waals surface area contributed by atoms with Crippen LogP contribution in [0.5, 0.6) is 11.8 Å². The molecule has 7 rings (SSSR count). The number of phenolic OH excluding ortho intramolecular Hbond substituents is 1. The molecule has 0 spiro atoms. The molecule has 1 aliphatic carbocycles. The van der Waals surface area contributed by atoms with Crippen molar-refractivity contribution in [3.05, 3.63) is 59.9 Å². The molecule has 1 aromatic heterocycles. The molecule has 3 aromatic rings. The zero-order valence-corrected chi connectivity index (χ0v) is 23.5. The zero-order valence-electron chi connectivity index (χ0n) is 23.5. The molecule has 3 fully saturated rings. The molecule has 9 heteroatoms. The molecule has 214 valence electrons. The lowest BCUT2D eigenvalue weighted by molar-refractivity contribution is -0.104. The molecule has 1 N–H and O–H groups in total. The Morgan fingerprint density at radius 2 is 1.71 bits per heavy atom. The maximum Gasteiger partial charge on any atom is 0.318 e. The van der Waals surface area contributed by atoms with E-state index in [1.807, 2.05) is 36.5 Å². The molecule has 4 heterocycles. The first-order valence-electron chi connectivity index (χ1n) is 15.0. The molecule has 9 nitrogen and oxygen atoms in total. The van der Waals surface area contributed by atoms with E-state index >= 15 is 0 Å². The highest BCUT2D eigenvalue weighted by Gasteiger charge is 2.33. The third-order valence-corrected chi connectivity index (χ3v) is 8.99. The van der Waals surface area contributed by atoms with Crippen LogP contribution in [0.15, 0.2) is 48.7 Å². The van der Waals surface area contributed by atoms with Crippen molar-refractivity contribution in [2.75, 3.05) is 55.6 Å². The number of carbonyl (C=O) groups excluding carboxylic acids is 1. The molecule has 0 radical (unpaired) electrons. The Labute approximate surface area is 241 Å². The van der Waals surface area contributed by atoms with Crippen LogP contribution in [0.2, 0.25) is 0 Å². The number of fused-ring (bicyclic) bond motifs is 2. The van der Waals surface area contributed by atoms with E-state index < -0.39 is 0 Å². The molecule has 0 unspecified atom stereocenters. The smallest absolute Gasteiger partial charge is 0.318 e. The van der Waals surface area contributed by atoms with Crippen LogP contribution in [0, 0.1) is 0 Å². The summed E-state index contributed by atoms with van der Waals surface area (Å²) in [4.78, 5) is 30.3. The van der Waals surface area contributed by atoms with Crippen molar-refractivity contribution in [1.82, 2.24) is 19.8 Å². The van der Waals surface area contributed by atoms with Gasteiger partial charge in [-0.15, -0.1) is 0 Å². The van der Waals surface area contributed by atoms with Gasteiger partial charge in [0.1, 0.15) is 24.0 Å². The number of nitrogens with zero attached hydrogens (tertiary/aromatic N) is 6. The highest BCUT2D eigenvalue weighted by Crippen LogP contribution is 2.37. The minimum atomic E-state index is 0.135. The van der Waals surface area contributed by atoms with E-state index in [-0.39, 0.29) is 11.9 Å². The van der Waals surface area contributed by atoms with Gasteiger partial charge in [-0.2, -0.15) is 9.97 Å². The molecule has 4 aliphatic rings.